The van der Waals surface area contributed by atoms with E-state index in [9.17, 15) is 0 Å². The van der Waals surface area contributed by atoms with E-state index in [-0.39, 0.29) is 0 Å². The molecule has 1 saturated carbocycles. The van der Waals surface area contributed by atoms with Crippen LogP contribution in [-0.2, 0) is 0 Å². The summed E-state index contributed by atoms with van der Waals surface area (Å²) in [5.74, 6) is 0.830. The van der Waals surface area contributed by atoms with Crippen LogP contribution in [0, 0.1) is 13.8 Å². The summed E-state index contributed by atoms with van der Waals surface area (Å²) in [6.45, 7) is 4.07. The molecule has 1 heterocycles. The van der Waals surface area contributed by atoms with Gasteiger partial charge >= 0.3 is 0 Å². The van der Waals surface area contributed by atoms with E-state index >= 15 is 0 Å². The van der Waals surface area contributed by atoms with E-state index in [4.69, 9.17) is 5.73 Å². The van der Waals surface area contributed by atoms with Crippen LogP contribution in [0.25, 0.3) is 11.4 Å². The molecule has 5 nitrogen and oxygen atoms in total. The first-order chi connectivity index (χ1) is 8.16. The molecule has 0 saturated heterocycles. The molecule has 17 heavy (non-hydrogen) atoms. The molecule has 1 aromatic heterocycles. The molecule has 2 aromatic rings. The molecule has 2 N–H and O–H groups in total. The minimum absolute atomic E-state index is 0.474. The highest BCUT2D eigenvalue weighted by Crippen LogP contribution is 2.37. The normalized spacial score (nSPS) is 15.2. The molecule has 3 rings (SSSR count). The number of aromatic nitrogens is 4. The smallest absolute Gasteiger partial charge is 0.182 e. The Morgan fingerprint density at radius 2 is 2.00 bits per heavy atom. The Bertz CT molecular complexity index is 568. The number of anilines is 1. The molecule has 0 aliphatic heterocycles. The van der Waals surface area contributed by atoms with Crippen LogP contribution in [-0.4, -0.2) is 20.2 Å². The number of tetrazole rings is 1. The van der Waals surface area contributed by atoms with Gasteiger partial charge in [0.1, 0.15) is 0 Å². The van der Waals surface area contributed by atoms with E-state index in [1.165, 1.54) is 12.8 Å². The molecule has 1 aliphatic rings. The summed E-state index contributed by atoms with van der Waals surface area (Å²) in [6.07, 6.45) is 2.33. The lowest BCUT2D eigenvalue weighted by molar-refractivity contribution is 0.615. The highest BCUT2D eigenvalue weighted by molar-refractivity contribution is 5.67. The van der Waals surface area contributed by atoms with Gasteiger partial charge in [-0.25, -0.2) is 4.68 Å². The third kappa shape index (κ3) is 1.67. The van der Waals surface area contributed by atoms with E-state index in [0.29, 0.717) is 6.04 Å². The van der Waals surface area contributed by atoms with Crippen molar-refractivity contribution >= 4 is 5.69 Å². The lowest BCUT2D eigenvalue weighted by Gasteiger charge is -2.09. The third-order valence-electron chi connectivity index (χ3n) is 3.24. The van der Waals surface area contributed by atoms with Crippen molar-refractivity contribution in [2.24, 2.45) is 0 Å². The van der Waals surface area contributed by atoms with Gasteiger partial charge < -0.3 is 5.73 Å². The minimum atomic E-state index is 0.474. The van der Waals surface area contributed by atoms with Crippen LogP contribution >= 0.6 is 0 Å². The molecular formula is C12H15N5. The van der Waals surface area contributed by atoms with E-state index in [0.717, 1.165) is 28.2 Å². The number of benzene rings is 1. The topological polar surface area (TPSA) is 69.6 Å². The van der Waals surface area contributed by atoms with E-state index in [2.05, 4.69) is 28.5 Å². The lowest BCUT2D eigenvalue weighted by atomic mass is 10.0. The number of nitrogens with zero attached hydrogens (tertiary/aromatic N) is 4. The molecule has 1 fully saturated rings. The number of aryl methyl sites for hydroxylation is 2. The Labute approximate surface area is 99.6 Å². The zero-order valence-electron chi connectivity index (χ0n) is 10.0. The van der Waals surface area contributed by atoms with Crippen molar-refractivity contribution in [3.05, 3.63) is 23.3 Å². The summed E-state index contributed by atoms with van der Waals surface area (Å²) >= 11 is 0. The highest BCUT2D eigenvalue weighted by Gasteiger charge is 2.28. The fraction of sp³-hybridized carbons (Fsp3) is 0.417. The molecule has 0 spiro atoms. The second kappa shape index (κ2) is 3.55. The van der Waals surface area contributed by atoms with Gasteiger partial charge in [-0.1, -0.05) is 6.07 Å². The van der Waals surface area contributed by atoms with Crippen LogP contribution < -0.4 is 5.73 Å². The summed E-state index contributed by atoms with van der Waals surface area (Å²) in [7, 11) is 0. The Kier molecular flexibility index (Phi) is 2.14. The molecule has 0 radical (unpaired) electrons. The molecule has 0 amide bonds. The number of rotatable bonds is 2. The molecule has 1 aliphatic carbocycles. The van der Waals surface area contributed by atoms with Crippen molar-refractivity contribution < 1.29 is 0 Å². The average molecular weight is 229 g/mol. The van der Waals surface area contributed by atoms with Gasteiger partial charge in [0, 0.05) is 11.3 Å². The lowest BCUT2D eigenvalue weighted by Crippen LogP contribution is -2.02. The van der Waals surface area contributed by atoms with Gasteiger partial charge in [-0.3, -0.25) is 0 Å². The maximum Gasteiger partial charge on any atom is 0.182 e. The maximum absolute atomic E-state index is 5.96. The van der Waals surface area contributed by atoms with Gasteiger partial charge in [-0.05, 0) is 54.3 Å². The second-order valence-electron chi connectivity index (χ2n) is 4.70. The monoisotopic (exact) mass is 229 g/mol. The Hall–Kier alpha value is -1.91. The largest absolute Gasteiger partial charge is 0.398 e. The Morgan fingerprint density at radius 1 is 1.24 bits per heavy atom. The summed E-state index contributed by atoms with van der Waals surface area (Å²) in [4.78, 5) is 0. The minimum Gasteiger partial charge on any atom is -0.398 e. The van der Waals surface area contributed by atoms with Crippen LogP contribution in [0.2, 0.25) is 0 Å². The predicted molar refractivity (Wildman–Crippen MR) is 65.4 cm³/mol. The molecule has 5 heteroatoms. The first kappa shape index (κ1) is 10.3. The zero-order chi connectivity index (χ0) is 12.0. The van der Waals surface area contributed by atoms with Crippen molar-refractivity contribution in [3.63, 3.8) is 0 Å². The highest BCUT2D eigenvalue weighted by atomic mass is 15.6. The van der Waals surface area contributed by atoms with Gasteiger partial charge in [-0.15, -0.1) is 5.10 Å². The quantitative estimate of drug-likeness (QED) is 0.798. The van der Waals surface area contributed by atoms with Crippen molar-refractivity contribution in [2.45, 2.75) is 32.7 Å². The van der Waals surface area contributed by atoms with Crippen molar-refractivity contribution in [1.82, 2.24) is 20.2 Å². The van der Waals surface area contributed by atoms with Crippen molar-refractivity contribution in [3.8, 4) is 11.4 Å². The number of nitrogens with two attached hydrogens (primary N) is 1. The van der Waals surface area contributed by atoms with Crippen LogP contribution in [0.1, 0.15) is 30.0 Å². The Morgan fingerprint density at radius 3 is 2.71 bits per heavy atom. The maximum atomic E-state index is 5.96. The average Bonchev–Trinajstić information content (AvgIpc) is 3.02. The van der Waals surface area contributed by atoms with Gasteiger partial charge in [0.2, 0.25) is 0 Å². The molecule has 0 atom stereocenters. The molecule has 0 bridgehead atoms. The standard InChI is InChI=1S/C12H15N5/c1-7-5-8(2)11(13)6-10(7)12-14-15-16-17(12)9-3-4-9/h5-6,9H,3-4,13H2,1-2H3. The van der Waals surface area contributed by atoms with E-state index < -0.39 is 0 Å². The third-order valence-corrected chi connectivity index (χ3v) is 3.24. The van der Waals surface area contributed by atoms with Gasteiger partial charge in [0.25, 0.3) is 0 Å². The van der Waals surface area contributed by atoms with Crippen LogP contribution in [0.15, 0.2) is 12.1 Å². The summed E-state index contributed by atoms with van der Waals surface area (Å²) in [5, 5.41) is 12.0. The zero-order valence-corrected chi connectivity index (χ0v) is 10.0. The van der Waals surface area contributed by atoms with E-state index in [1.807, 2.05) is 17.7 Å². The predicted octanol–water partition coefficient (Wildman–Crippen LogP) is 1.87. The number of nitrogen functional groups attached to an aromatic ring is 1. The number of hydrogen-bond acceptors (Lipinski definition) is 4. The summed E-state index contributed by atoms with van der Waals surface area (Å²) in [5.41, 5.74) is 10.0. The molecule has 88 valence electrons. The van der Waals surface area contributed by atoms with Gasteiger partial charge in [0.05, 0.1) is 6.04 Å². The van der Waals surface area contributed by atoms with Crippen LogP contribution in [0.5, 0.6) is 0 Å². The van der Waals surface area contributed by atoms with Gasteiger partial charge in [0.15, 0.2) is 5.82 Å². The summed E-state index contributed by atoms with van der Waals surface area (Å²) in [6, 6.07) is 4.52. The van der Waals surface area contributed by atoms with Crippen molar-refractivity contribution in [1.29, 1.82) is 0 Å². The van der Waals surface area contributed by atoms with Crippen LogP contribution in [0.4, 0.5) is 5.69 Å². The fourth-order valence-electron chi connectivity index (χ4n) is 2.05. The first-order valence-corrected chi connectivity index (χ1v) is 5.82. The first-order valence-electron chi connectivity index (χ1n) is 5.82. The van der Waals surface area contributed by atoms with Gasteiger partial charge in [-0.2, -0.15) is 0 Å². The van der Waals surface area contributed by atoms with Crippen molar-refractivity contribution in [2.75, 3.05) is 5.73 Å². The molecule has 1 aromatic carbocycles. The Balaban J connectivity index is 2.14. The SMILES string of the molecule is Cc1cc(C)c(-c2nnnn2C2CC2)cc1N. The fourth-order valence-corrected chi connectivity index (χ4v) is 2.05. The molecule has 0 unspecified atom stereocenters. The second-order valence-corrected chi connectivity index (χ2v) is 4.70. The molecular weight excluding hydrogens is 214 g/mol. The van der Waals surface area contributed by atoms with E-state index in [1.54, 1.807) is 0 Å². The number of hydrogen-bond donors (Lipinski definition) is 1. The van der Waals surface area contributed by atoms with Crippen LogP contribution in [0.3, 0.4) is 0 Å². The summed E-state index contributed by atoms with van der Waals surface area (Å²) < 4.78 is 1.91.